The van der Waals surface area contributed by atoms with Crippen LogP contribution in [0.1, 0.15) is 56.0 Å². The third-order valence-corrected chi connectivity index (χ3v) is 5.83. The molecule has 0 aromatic heterocycles. The van der Waals surface area contributed by atoms with Crippen LogP contribution >= 0.6 is 11.6 Å². The van der Waals surface area contributed by atoms with Gasteiger partial charge < -0.3 is 25.0 Å². The van der Waals surface area contributed by atoms with Crippen LogP contribution in [0.5, 0.6) is 11.5 Å². The van der Waals surface area contributed by atoms with E-state index >= 15 is 0 Å². The molecule has 0 bridgehead atoms. The first-order valence-corrected chi connectivity index (χ1v) is 12.3. The summed E-state index contributed by atoms with van der Waals surface area (Å²) >= 11 is 6.34. The number of nitrogens with one attached hydrogen (secondary N) is 2. The number of hydrogen-bond donors (Lipinski definition) is 2. The summed E-state index contributed by atoms with van der Waals surface area (Å²) in [6, 6.07) is 10.8. The quantitative estimate of drug-likeness (QED) is 0.499. The van der Waals surface area contributed by atoms with Crippen LogP contribution in [-0.4, -0.2) is 49.1 Å². The number of halogens is 1. The number of amides is 2. The molecule has 2 amide bonds. The number of rotatable bonds is 10. The lowest BCUT2D eigenvalue weighted by Crippen LogP contribution is -2.38. The minimum atomic E-state index is -0.144. The van der Waals surface area contributed by atoms with Crippen molar-refractivity contribution in [3.8, 4) is 11.5 Å². The van der Waals surface area contributed by atoms with E-state index in [1.165, 1.54) is 6.42 Å². The zero-order valence-corrected chi connectivity index (χ0v) is 20.9. The second-order valence-corrected chi connectivity index (χ2v) is 9.03. The van der Waals surface area contributed by atoms with E-state index in [0.717, 1.165) is 31.5 Å². The number of anilines is 1. The van der Waals surface area contributed by atoms with E-state index in [4.69, 9.17) is 21.1 Å². The fourth-order valence-corrected chi connectivity index (χ4v) is 3.95. The molecule has 1 heterocycles. The molecule has 2 N–H and O–H groups in total. The van der Waals surface area contributed by atoms with Gasteiger partial charge in [0.1, 0.15) is 0 Å². The highest BCUT2D eigenvalue weighted by Crippen LogP contribution is 2.30. The Morgan fingerprint density at radius 2 is 1.79 bits per heavy atom. The average molecular weight is 488 g/mol. The Hall–Kier alpha value is -2.93. The summed E-state index contributed by atoms with van der Waals surface area (Å²) in [6.07, 6.45) is 3.27. The normalized spacial score (nSPS) is 13.5. The number of hydrogen-bond acceptors (Lipinski definition) is 5. The zero-order valence-electron chi connectivity index (χ0n) is 20.2. The van der Waals surface area contributed by atoms with E-state index in [-0.39, 0.29) is 24.5 Å². The molecule has 184 valence electrons. The average Bonchev–Trinajstić information content (AvgIpc) is 2.83. The van der Waals surface area contributed by atoms with Gasteiger partial charge in [-0.25, -0.2) is 0 Å². The number of nitrogens with zero attached hydrogens (tertiary/aromatic N) is 1. The first-order valence-electron chi connectivity index (χ1n) is 11.9. The second kappa shape index (κ2) is 12.5. The third kappa shape index (κ3) is 7.29. The number of carbonyl (C=O) groups is 2. The van der Waals surface area contributed by atoms with E-state index in [9.17, 15) is 9.59 Å². The third-order valence-electron chi connectivity index (χ3n) is 5.50. The van der Waals surface area contributed by atoms with Crippen LogP contribution in [0.25, 0.3) is 0 Å². The van der Waals surface area contributed by atoms with Crippen LogP contribution in [0.3, 0.4) is 0 Å². The minimum Gasteiger partial charge on any atom is -0.490 e. The lowest BCUT2D eigenvalue weighted by atomic mass is 10.1. The van der Waals surface area contributed by atoms with Crippen LogP contribution in [0.2, 0.25) is 5.02 Å². The second-order valence-electron chi connectivity index (χ2n) is 8.62. The van der Waals surface area contributed by atoms with Crippen LogP contribution in [-0.2, 0) is 11.3 Å². The number of ether oxygens (including phenoxy) is 2. The summed E-state index contributed by atoms with van der Waals surface area (Å²) in [7, 11) is 0. The van der Waals surface area contributed by atoms with E-state index in [2.05, 4.69) is 10.6 Å². The van der Waals surface area contributed by atoms with Crippen molar-refractivity contribution >= 4 is 29.1 Å². The van der Waals surface area contributed by atoms with E-state index in [1.54, 1.807) is 18.2 Å². The van der Waals surface area contributed by atoms with E-state index in [0.29, 0.717) is 40.9 Å². The summed E-state index contributed by atoms with van der Waals surface area (Å²) in [5.74, 6) is 0.989. The Kier molecular flexibility index (Phi) is 9.45. The maximum Gasteiger partial charge on any atom is 0.260 e. The van der Waals surface area contributed by atoms with Gasteiger partial charge in [-0.2, -0.15) is 0 Å². The van der Waals surface area contributed by atoms with Gasteiger partial charge in [-0.15, -0.1) is 0 Å². The van der Waals surface area contributed by atoms with Crippen molar-refractivity contribution in [1.29, 1.82) is 0 Å². The number of carbonyl (C=O) groups excluding carboxylic acids is 2. The molecular weight excluding hydrogens is 454 g/mol. The standard InChI is InChI=1S/C26H34ClN3O4/c1-4-33-24-14-19(8-11-23(24)34-17-25(31)30-12-6-5-7-13-30)16-28-22-15-20(9-10-21(22)27)26(32)29-18(2)3/h8-11,14-15,18,28H,4-7,12-13,16-17H2,1-3H3,(H,29,32). The summed E-state index contributed by atoms with van der Waals surface area (Å²) in [5.41, 5.74) is 2.16. The van der Waals surface area contributed by atoms with Crippen molar-refractivity contribution in [2.24, 2.45) is 0 Å². The van der Waals surface area contributed by atoms with Gasteiger partial charge in [0.25, 0.3) is 11.8 Å². The summed E-state index contributed by atoms with van der Waals surface area (Å²) in [5, 5.41) is 6.70. The van der Waals surface area contributed by atoms with E-state index < -0.39 is 0 Å². The molecule has 0 saturated carbocycles. The fourth-order valence-electron chi connectivity index (χ4n) is 3.77. The highest BCUT2D eigenvalue weighted by atomic mass is 35.5. The van der Waals surface area contributed by atoms with Crippen LogP contribution in [0.4, 0.5) is 5.69 Å². The molecule has 2 aromatic carbocycles. The summed E-state index contributed by atoms with van der Waals surface area (Å²) in [6.45, 7) is 8.29. The molecular formula is C26H34ClN3O4. The lowest BCUT2D eigenvalue weighted by molar-refractivity contribution is -0.134. The van der Waals surface area contributed by atoms with Crippen molar-refractivity contribution in [2.45, 2.75) is 52.6 Å². The number of likely N-dealkylation sites (tertiary alicyclic amines) is 1. The van der Waals surface area contributed by atoms with Gasteiger partial charge in [-0.05, 0) is 75.9 Å². The Morgan fingerprint density at radius 3 is 2.50 bits per heavy atom. The van der Waals surface area contributed by atoms with Crippen molar-refractivity contribution < 1.29 is 19.1 Å². The Labute approximate surface area is 206 Å². The van der Waals surface area contributed by atoms with Gasteiger partial charge >= 0.3 is 0 Å². The van der Waals surface area contributed by atoms with Gasteiger partial charge in [-0.1, -0.05) is 17.7 Å². The molecule has 1 fully saturated rings. The molecule has 0 atom stereocenters. The van der Waals surface area contributed by atoms with Gasteiger partial charge in [0, 0.05) is 31.2 Å². The molecule has 1 aliphatic heterocycles. The molecule has 8 heteroatoms. The number of piperidine rings is 1. The Bertz CT molecular complexity index is 990. The van der Waals surface area contributed by atoms with Crippen molar-refractivity contribution in [3.63, 3.8) is 0 Å². The Morgan fingerprint density at radius 1 is 1.03 bits per heavy atom. The Balaban J connectivity index is 1.64. The van der Waals surface area contributed by atoms with Crippen molar-refractivity contribution in [1.82, 2.24) is 10.2 Å². The van der Waals surface area contributed by atoms with Crippen LogP contribution < -0.4 is 20.1 Å². The molecule has 1 aliphatic rings. The molecule has 3 rings (SSSR count). The molecule has 0 spiro atoms. The van der Waals surface area contributed by atoms with Gasteiger partial charge in [0.15, 0.2) is 18.1 Å². The SMILES string of the molecule is CCOc1cc(CNc2cc(C(=O)NC(C)C)ccc2Cl)ccc1OCC(=O)N1CCCCC1. The van der Waals surface area contributed by atoms with Gasteiger partial charge in [-0.3, -0.25) is 9.59 Å². The highest BCUT2D eigenvalue weighted by Gasteiger charge is 2.18. The topological polar surface area (TPSA) is 79.9 Å². The monoisotopic (exact) mass is 487 g/mol. The largest absolute Gasteiger partial charge is 0.490 e. The van der Waals surface area contributed by atoms with Crippen LogP contribution in [0.15, 0.2) is 36.4 Å². The smallest absolute Gasteiger partial charge is 0.260 e. The maximum absolute atomic E-state index is 12.4. The highest BCUT2D eigenvalue weighted by molar-refractivity contribution is 6.33. The molecule has 0 unspecified atom stereocenters. The molecule has 0 aliphatic carbocycles. The minimum absolute atomic E-state index is 0.00148. The number of benzene rings is 2. The predicted octanol–water partition coefficient (Wildman–Crippen LogP) is 4.88. The van der Waals surface area contributed by atoms with Gasteiger partial charge in [0.2, 0.25) is 0 Å². The molecule has 2 aromatic rings. The first kappa shape index (κ1) is 25.7. The molecule has 0 radical (unpaired) electrons. The zero-order chi connectivity index (χ0) is 24.5. The molecule has 34 heavy (non-hydrogen) atoms. The molecule has 7 nitrogen and oxygen atoms in total. The van der Waals surface area contributed by atoms with Crippen molar-refractivity contribution in [2.75, 3.05) is 31.6 Å². The van der Waals surface area contributed by atoms with Gasteiger partial charge in [0.05, 0.1) is 17.3 Å². The fraction of sp³-hybridized carbons (Fsp3) is 0.462. The first-order chi connectivity index (χ1) is 16.4. The van der Waals surface area contributed by atoms with Crippen LogP contribution in [0, 0.1) is 0 Å². The maximum atomic E-state index is 12.4. The molecule has 1 saturated heterocycles. The predicted molar refractivity (Wildman–Crippen MR) is 135 cm³/mol. The van der Waals surface area contributed by atoms with Crippen molar-refractivity contribution in [3.05, 3.63) is 52.5 Å². The summed E-state index contributed by atoms with van der Waals surface area (Å²) in [4.78, 5) is 26.6. The lowest BCUT2D eigenvalue weighted by Gasteiger charge is -2.26. The van der Waals surface area contributed by atoms with E-state index in [1.807, 2.05) is 43.9 Å². The summed E-state index contributed by atoms with van der Waals surface area (Å²) < 4.78 is 11.6.